The summed E-state index contributed by atoms with van der Waals surface area (Å²) in [5.74, 6) is 1.17. The first-order valence-corrected chi connectivity index (χ1v) is 11.1. The van der Waals surface area contributed by atoms with Gasteiger partial charge >= 0.3 is 0 Å². The fourth-order valence-corrected chi connectivity index (χ4v) is 3.91. The maximum absolute atomic E-state index is 12.8. The number of amides is 1. The third-order valence-electron chi connectivity index (χ3n) is 6.29. The largest absolute Gasteiger partial charge is 0.493 e. The van der Waals surface area contributed by atoms with Crippen LogP contribution in [-0.2, 0) is 11.3 Å². The number of piperazine rings is 1. The van der Waals surface area contributed by atoms with Crippen molar-refractivity contribution in [3.63, 3.8) is 0 Å². The summed E-state index contributed by atoms with van der Waals surface area (Å²) in [6.45, 7) is 9.53. The summed E-state index contributed by atoms with van der Waals surface area (Å²) in [5, 5.41) is 15.7. The highest BCUT2D eigenvalue weighted by Gasteiger charge is 2.42. The van der Waals surface area contributed by atoms with Crippen LogP contribution in [0.25, 0.3) is 6.08 Å². The van der Waals surface area contributed by atoms with Crippen LogP contribution in [0.2, 0.25) is 0 Å². The van der Waals surface area contributed by atoms with Crippen LogP contribution in [0, 0.1) is 5.41 Å². The number of hydrogen-bond donors (Lipinski definition) is 1. The first kappa shape index (κ1) is 24.7. The number of β-amino-alcohol motifs (C(OH)–C–C–N with tert-alkyl or cyclic N) is 1. The molecule has 1 aliphatic rings. The van der Waals surface area contributed by atoms with Gasteiger partial charge in [0, 0.05) is 44.4 Å². The number of aromatic nitrogens is 3. The van der Waals surface area contributed by atoms with Gasteiger partial charge in [0.1, 0.15) is 18.3 Å². The topological polar surface area (TPSA) is 93.0 Å². The standard InChI is InChI=1S/C24H35N5O4/c1-23(2,3)24(31,16-29-18-25-17-26-29)15-27-11-13-28(14-12-27)21(30)10-9-19-7-6-8-20(32-4)22(19)33-5/h6-10,17-18,31H,11-16H2,1-5H3/b10-9+. The van der Waals surface area contributed by atoms with Crippen LogP contribution in [0.15, 0.2) is 36.9 Å². The molecule has 1 N–H and O–H groups in total. The zero-order valence-corrected chi connectivity index (χ0v) is 20.2. The van der Waals surface area contributed by atoms with Gasteiger partial charge in [-0.25, -0.2) is 4.98 Å². The van der Waals surface area contributed by atoms with Crippen LogP contribution < -0.4 is 9.47 Å². The molecule has 9 heteroatoms. The SMILES string of the molecule is COc1cccc(/C=C/C(=O)N2CCN(CC(O)(Cn3cncn3)C(C)(C)C)CC2)c1OC. The van der Waals surface area contributed by atoms with Gasteiger partial charge in [0.05, 0.1) is 20.8 Å². The number of carbonyl (C=O) groups is 1. The Morgan fingerprint density at radius 3 is 2.42 bits per heavy atom. The zero-order chi connectivity index (χ0) is 24.1. The molecule has 180 valence electrons. The van der Waals surface area contributed by atoms with Gasteiger partial charge in [-0.3, -0.25) is 14.4 Å². The highest BCUT2D eigenvalue weighted by Crippen LogP contribution is 2.33. The molecule has 1 aromatic carbocycles. The van der Waals surface area contributed by atoms with E-state index < -0.39 is 5.60 Å². The van der Waals surface area contributed by atoms with E-state index in [2.05, 4.69) is 15.0 Å². The summed E-state index contributed by atoms with van der Waals surface area (Å²) in [7, 11) is 3.17. The molecule has 0 bridgehead atoms. The lowest BCUT2D eigenvalue weighted by atomic mass is 9.76. The lowest BCUT2D eigenvalue weighted by molar-refractivity contribution is -0.129. The van der Waals surface area contributed by atoms with E-state index in [1.165, 1.54) is 6.33 Å². The minimum Gasteiger partial charge on any atom is -0.493 e. The lowest BCUT2D eigenvalue weighted by Gasteiger charge is -2.45. The van der Waals surface area contributed by atoms with E-state index in [9.17, 15) is 9.90 Å². The predicted molar refractivity (Wildman–Crippen MR) is 126 cm³/mol. The third-order valence-corrected chi connectivity index (χ3v) is 6.29. The molecule has 0 radical (unpaired) electrons. The van der Waals surface area contributed by atoms with Gasteiger partial charge < -0.3 is 19.5 Å². The monoisotopic (exact) mass is 457 g/mol. The Kier molecular flexibility index (Phi) is 7.76. The van der Waals surface area contributed by atoms with Crippen LogP contribution in [0.4, 0.5) is 0 Å². The number of ether oxygens (including phenoxy) is 2. The number of rotatable bonds is 8. The summed E-state index contributed by atoms with van der Waals surface area (Å²) < 4.78 is 12.4. The first-order valence-electron chi connectivity index (χ1n) is 11.1. The number of para-hydroxylation sites is 1. The Bertz CT molecular complexity index is 946. The van der Waals surface area contributed by atoms with Crippen molar-refractivity contribution in [2.24, 2.45) is 5.41 Å². The summed E-state index contributed by atoms with van der Waals surface area (Å²) in [5.41, 5.74) is -0.563. The zero-order valence-electron chi connectivity index (χ0n) is 20.2. The van der Waals surface area contributed by atoms with Crippen molar-refractivity contribution in [3.05, 3.63) is 42.5 Å². The third kappa shape index (κ3) is 5.91. The van der Waals surface area contributed by atoms with Crippen molar-refractivity contribution in [3.8, 4) is 11.5 Å². The molecule has 0 saturated carbocycles. The highest BCUT2D eigenvalue weighted by molar-refractivity contribution is 5.92. The molecular weight excluding hydrogens is 422 g/mol. The van der Waals surface area contributed by atoms with E-state index in [-0.39, 0.29) is 11.3 Å². The second-order valence-electron chi connectivity index (χ2n) is 9.39. The molecule has 1 saturated heterocycles. The number of nitrogens with zero attached hydrogens (tertiary/aromatic N) is 5. The van der Waals surface area contributed by atoms with Gasteiger partial charge in [-0.05, 0) is 17.6 Å². The molecule has 3 rings (SSSR count). The van der Waals surface area contributed by atoms with E-state index in [4.69, 9.17) is 9.47 Å². The predicted octanol–water partition coefficient (Wildman–Crippen LogP) is 1.93. The van der Waals surface area contributed by atoms with Crippen LogP contribution >= 0.6 is 0 Å². The smallest absolute Gasteiger partial charge is 0.246 e. The maximum atomic E-state index is 12.8. The Hall–Kier alpha value is -2.91. The lowest BCUT2D eigenvalue weighted by Crippen LogP contribution is -2.58. The van der Waals surface area contributed by atoms with Crippen molar-refractivity contribution >= 4 is 12.0 Å². The Morgan fingerprint density at radius 2 is 1.85 bits per heavy atom. The number of methoxy groups -OCH3 is 2. The molecule has 1 atom stereocenters. The normalized spacial score (nSPS) is 17.2. The molecule has 1 unspecified atom stereocenters. The van der Waals surface area contributed by atoms with E-state index in [1.54, 1.807) is 37.4 Å². The Morgan fingerprint density at radius 1 is 1.12 bits per heavy atom. The fourth-order valence-electron chi connectivity index (χ4n) is 3.91. The number of aliphatic hydroxyl groups is 1. The average molecular weight is 458 g/mol. The van der Waals surface area contributed by atoms with E-state index in [0.29, 0.717) is 50.8 Å². The molecule has 1 amide bonds. The van der Waals surface area contributed by atoms with Gasteiger partial charge in [0.2, 0.25) is 5.91 Å². The number of carbonyl (C=O) groups excluding carboxylic acids is 1. The van der Waals surface area contributed by atoms with Crippen LogP contribution in [0.5, 0.6) is 11.5 Å². The second-order valence-corrected chi connectivity index (χ2v) is 9.39. The molecule has 1 aliphatic heterocycles. The summed E-state index contributed by atoms with van der Waals surface area (Å²) in [6, 6.07) is 5.56. The molecule has 2 aromatic rings. The van der Waals surface area contributed by atoms with Gasteiger partial charge in [-0.15, -0.1) is 0 Å². The Labute approximate surface area is 195 Å². The molecule has 2 heterocycles. The van der Waals surface area contributed by atoms with E-state index >= 15 is 0 Å². The highest BCUT2D eigenvalue weighted by atomic mass is 16.5. The molecular formula is C24H35N5O4. The van der Waals surface area contributed by atoms with Crippen LogP contribution in [0.1, 0.15) is 26.3 Å². The maximum Gasteiger partial charge on any atom is 0.246 e. The fraction of sp³-hybridized carbons (Fsp3) is 0.542. The summed E-state index contributed by atoms with van der Waals surface area (Å²) >= 11 is 0. The molecule has 1 aromatic heterocycles. The number of benzene rings is 1. The van der Waals surface area contributed by atoms with Gasteiger partial charge in [-0.1, -0.05) is 32.9 Å². The van der Waals surface area contributed by atoms with Crippen LogP contribution in [-0.4, -0.2) is 88.1 Å². The minimum absolute atomic E-state index is 0.0479. The summed E-state index contributed by atoms with van der Waals surface area (Å²) in [6.07, 6.45) is 6.43. The van der Waals surface area contributed by atoms with E-state index in [1.807, 2.05) is 43.9 Å². The van der Waals surface area contributed by atoms with Crippen LogP contribution in [0.3, 0.4) is 0 Å². The summed E-state index contributed by atoms with van der Waals surface area (Å²) in [4.78, 5) is 20.8. The molecule has 33 heavy (non-hydrogen) atoms. The second kappa shape index (κ2) is 10.4. The van der Waals surface area contributed by atoms with Crippen molar-refractivity contribution in [2.45, 2.75) is 32.9 Å². The van der Waals surface area contributed by atoms with Crippen molar-refractivity contribution < 1.29 is 19.4 Å². The minimum atomic E-state index is -0.990. The number of hydrogen-bond acceptors (Lipinski definition) is 7. The van der Waals surface area contributed by atoms with Crippen molar-refractivity contribution in [2.75, 3.05) is 46.9 Å². The first-order chi connectivity index (χ1) is 15.7. The van der Waals surface area contributed by atoms with Gasteiger partial charge in [-0.2, -0.15) is 5.10 Å². The van der Waals surface area contributed by atoms with Gasteiger partial charge in [0.25, 0.3) is 0 Å². The molecule has 0 spiro atoms. The molecule has 9 nitrogen and oxygen atoms in total. The van der Waals surface area contributed by atoms with Crippen molar-refractivity contribution in [1.29, 1.82) is 0 Å². The van der Waals surface area contributed by atoms with Crippen molar-refractivity contribution in [1.82, 2.24) is 24.6 Å². The molecule has 0 aliphatic carbocycles. The quantitative estimate of drug-likeness (QED) is 0.606. The average Bonchev–Trinajstić information content (AvgIpc) is 3.29. The van der Waals surface area contributed by atoms with E-state index in [0.717, 1.165) is 5.56 Å². The Balaban J connectivity index is 1.60. The molecule has 1 fully saturated rings. The van der Waals surface area contributed by atoms with Gasteiger partial charge in [0.15, 0.2) is 11.5 Å².